The smallest absolute Gasteiger partial charge is 0.246 e. The van der Waals surface area contributed by atoms with Gasteiger partial charge >= 0.3 is 0 Å². The van der Waals surface area contributed by atoms with Crippen LogP contribution in [0.1, 0.15) is 44.7 Å². The zero-order valence-electron chi connectivity index (χ0n) is 25.8. The number of ether oxygens (including phenoxy) is 3. The number of hydrogen-bond donors (Lipinski definition) is 3. The van der Waals surface area contributed by atoms with Crippen molar-refractivity contribution in [2.24, 2.45) is 11.1 Å². The molecule has 0 bridgehead atoms. The summed E-state index contributed by atoms with van der Waals surface area (Å²) < 4.78 is 16.0. The first-order valence-corrected chi connectivity index (χ1v) is 15.8. The molecule has 1 saturated heterocycles. The van der Waals surface area contributed by atoms with Crippen LogP contribution in [0.4, 0.5) is 0 Å². The molecule has 1 aromatic carbocycles. The van der Waals surface area contributed by atoms with E-state index < -0.39 is 29.5 Å². The number of amides is 2. The molecule has 3 atom stereocenters. The number of nitrogens with one attached hydrogen (secondary N) is 1. The lowest BCUT2D eigenvalue weighted by Crippen LogP contribution is -2.57. The summed E-state index contributed by atoms with van der Waals surface area (Å²) in [6.07, 6.45) is 0.178. The number of aliphatic hydroxyl groups excluding tert-OH is 1. The van der Waals surface area contributed by atoms with Crippen LogP contribution in [0, 0.1) is 12.3 Å². The number of nitrogens with zero attached hydrogens (tertiary/aromatic N) is 1. The number of nitrogens with two attached hydrogens (primary N) is 1. The van der Waals surface area contributed by atoms with Gasteiger partial charge in [-0.3, -0.25) is 14.4 Å². The predicted molar refractivity (Wildman–Crippen MR) is 167 cm³/mol. The summed E-state index contributed by atoms with van der Waals surface area (Å²) in [6.45, 7) is 9.74. The number of aryl methyl sites for hydroxylation is 2. The van der Waals surface area contributed by atoms with Crippen molar-refractivity contribution in [3.8, 4) is 10.4 Å². The van der Waals surface area contributed by atoms with E-state index in [-0.39, 0.29) is 44.3 Å². The topological polar surface area (TPSA) is 140 Å². The van der Waals surface area contributed by atoms with Crippen LogP contribution >= 0.6 is 11.3 Å². The number of aliphatic hydroxyl groups is 1. The van der Waals surface area contributed by atoms with Gasteiger partial charge in [-0.05, 0) is 46.9 Å². The van der Waals surface area contributed by atoms with E-state index in [2.05, 4.69) is 35.8 Å². The molecule has 10 nitrogen and oxygen atoms in total. The van der Waals surface area contributed by atoms with Crippen molar-refractivity contribution in [1.29, 1.82) is 0 Å². The third-order valence-corrected chi connectivity index (χ3v) is 8.40. The lowest BCUT2D eigenvalue weighted by atomic mass is 9.85. The highest BCUT2D eigenvalue weighted by Gasteiger charge is 2.44. The number of thiophene rings is 1. The Labute approximate surface area is 258 Å². The van der Waals surface area contributed by atoms with Crippen molar-refractivity contribution in [3.63, 3.8) is 0 Å². The Morgan fingerprint density at radius 3 is 2.30 bits per heavy atom. The fourth-order valence-electron chi connectivity index (χ4n) is 4.99. The summed E-state index contributed by atoms with van der Waals surface area (Å²) in [7, 11) is 0. The van der Waals surface area contributed by atoms with Gasteiger partial charge in [0.15, 0.2) is 5.78 Å². The van der Waals surface area contributed by atoms with Gasteiger partial charge < -0.3 is 35.3 Å². The van der Waals surface area contributed by atoms with Crippen molar-refractivity contribution >= 4 is 28.9 Å². The summed E-state index contributed by atoms with van der Waals surface area (Å²) in [5.74, 6) is -0.922. The van der Waals surface area contributed by atoms with E-state index in [4.69, 9.17) is 19.9 Å². The summed E-state index contributed by atoms with van der Waals surface area (Å²) in [6, 6.07) is 8.67. The van der Waals surface area contributed by atoms with E-state index in [0.717, 1.165) is 11.1 Å². The number of rotatable bonds is 17. The monoisotopic (exact) mass is 617 g/mol. The summed E-state index contributed by atoms with van der Waals surface area (Å²) in [5, 5.41) is 15.3. The molecule has 0 aliphatic carbocycles. The Morgan fingerprint density at radius 2 is 1.70 bits per heavy atom. The maximum atomic E-state index is 13.7. The van der Waals surface area contributed by atoms with Crippen LogP contribution in [0.15, 0.2) is 35.7 Å². The van der Waals surface area contributed by atoms with Crippen molar-refractivity contribution in [1.82, 2.24) is 10.2 Å². The second-order valence-electron chi connectivity index (χ2n) is 11.9. The van der Waals surface area contributed by atoms with E-state index in [1.165, 1.54) is 15.3 Å². The van der Waals surface area contributed by atoms with Gasteiger partial charge in [-0.15, -0.1) is 11.3 Å². The lowest BCUT2D eigenvalue weighted by molar-refractivity contribution is -0.144. The van der Waals surface area contributed by atoms with Gasteiger partial charge in [-0.2, -0.15) is 0 Å². The van der Waals surface area contributed by atoms with Gasteiger partial charge in [-0.1, -0.05) is 45.0 Å². The standard InChI is InChI=1S/C32H47N3O7S/c1-22-11-18-43-29(22)24-8-5-23(6-9-24)7-10-27(37)26-19-25(36)20-35(26)31(39)30(32(2,3)4)34-28(38)21-42-17-16-41-15-14-40-13-12-33/h5-6,8-9,11,18,25-26,30,36H,7,10,12-17,19-21,33H2,1-4H3,(H,34,38)/t25-,26+,30-/m0/s1. The van der Waals surface area contributed by atoms with Crippen LogP contribution < -0.4 is 11.1 Å². The van der Waals surface area contributed by atoms with Crippen molar-refractivity contribution < 1.29 is 33.7 Å². The third kappa shape index (κ3) is 10.8. The van der Waals surface area contributed by atoms with Gasteiger partial charge in [0.2, 0.25) is 11.8 Å². The molecular formula is C32H47N3O7S. The van der Waals surface area contributed by atoms with E-state index in [1.54, 1.807) is 11.3 Å². The first-order valence-electron chi connectivity index (χ1n) is 14.9. The van der Waals surface area contributed by atoms with Crippen LogP contribution in [0.5, 0.6) is 0 Å². The van der Waals surface area contributed by atoms with Crippen LogP contribution in [0.3, 0.4) is 0 Å². The molecule has 238 valence electrons. The zero-order chi connectivity index (χ0) is 31.4. The zero-order valence-corrected chi connectivity index (χ0v) is 26.6. The van der Waals surface area contributed by atoms with Crippen LogP contribution in [-0.2, 0) is 35.0 Å². The average molecular weight is 618 g/mol. The molecule has 1 aliphatic heterocycles. The van der Waals surface area contributed by atoms with Crippen LogP contribution in [-0.4, -0.2) is 98.5 Å². The van der Waals surface area contributed by atoms with E-state index in [9.17, 15) is 19.5 Å². The van der Waals surface area contributed by atoms with E-state index in [0.29, 0.717) is 39.4 Å². The minimum atomic E-state index is -0.895. The van der Waals surface area contributed by atoms with Crippen LogP contribution in [0.25, 0.3) is 10.4 Å². The maximum Gasteiger partial charge on any atom is 0.246 e. The molecular weight excluding hydrogens is 570 g/mol. The van der Waals surface area contributed by atoms with Gasteiger partial charge in [0.05, 0.1) is 45.2 Å². The third-order valence-electron chi connectivity index (χ3n) is 7.33. The second-order valence-corrected chi connectivity index (χ2v) is 12.8. The highest BCUT2D eigenvalue weighted by atomic mass is 32.1. The Bertz CT molecular complexity index is 1180. The number of carbonyl (C=O) groups is 3. The highest BCUT2D eigenvalue weighted by molar-refractivity contribution is 7.13. The lowest BCUT2D eigenvalue weighted by Gasteiger charge is -2.35. The van der Waals surface area contributed by atoms with Gasteiger partial charge in [-0.25, -0.2) is 0 Å². The number of likely N-dealkylation sites (tertiary alicyclic amines) is 1. The van der Waals surface area contributed by atoms with Gasteiger partial charge in [0.1, 0.15) is 12.6 Å². The summed E-state index contributed by atoms with van der Waals surface area (Å²) in [4.78, 5) is 42.4. The summed E-state index contributed by atoms with van der Waals surface area (Å²) in [5.41, 5.74) is 8.14. The van der Waals surface area contributed by atoms with Crippen LogP contribution in [0.2, 0.25) is 0 Å². The molecule has 0 unspecified atom stereocenters. The molecule has 0 radical (unpaired) electrons. The number of carbonyl (C=O) groups excluding carboxylic acids is 3. The fraction of sp³-hybridized carbons (Fsp3) is 0.594. The van der Waals surface area contributed by atoms with Crippen molar-refractivity contribution in [2.45, 2.75) is 65.1 Å². The number of benzene rings is 1. The number of Topliss-reactive ketones (excluding diaryl/α,β-unsaturated/α-hetero) is 1. The van der Waals surface area contributed by atoms with Gasteiger partial charge in [0, 0.05) is 30.8 Å². The largest absolute Gasteiger partial charge is 0.391 e. The Hall–Kier alpha value is -2.67. The molecule has 3 rings (SSSR count). The molecule has 0 spiro atoms. The predicted octanol–water partition coefficient (Wildman–Crippen LogP) is 2.73. The first-order chi connectivity index (χ1) is 20.5. The normalized spacial score (nSPS) is 17.7. The van der Waals surface area contributed by atoms with Gasteiger partial charge in [0.25, 0.3) is 0 Å². The van der Waals surface area contributed by atoms with Crippen molar-refractivity contribution in [2.75, 3.05) is 52.7 Å². The van der Waals surface area contributed by atoms with Crippen molar-refractivity contribution in [3.05, 3.63) is 46.8 Å². The minimum Gasteiger partial charge on any atom is -0.391 e. The molecule has 0 saturated carbocycles. The SMILES string of the molecule is Cc1ccsc1-c1ccc(CCC(=O)[C@H]2C[C@H](O)CN2C(=O)[C@H](NC(=O)COCCOCCOCCN)C(C)(C)C)cc1. The molecule has 2 heterocycles. The number of hydrogen-bond acceptors (Lipinski definition) is 9. The molecule has 1 aliphatic rings. The molecule has 4 N–H and O–H groups in total. The molecule has 11 heteroatoms. The van der Waals surface area contributed by atoms with E-state index in [1.807, 2.05) is 32.9 Å². The quantitative estimate of drug-likeness (QED) is 0.230. The maximum absolute atomic E-state index is 13.7. The Kier molecular flexibility index (Phi) is 13.8. The molecule has 1 fully saturated rings. The molecule has 1 aromatic heterocycles. The minimum absolute atomic E-state index is 0.0510. The second kappa shape index (κ2) is 17.0. The first kappa shape index (κ1) is 34.8. The average Bonchev–Trinajstić information content (AvgIpc) is 3.58. The number of β-amino-alcohol motifs (C(OH)–C–C–N with tert-alkyl or cyclic N) is 1. The summed E-state index contributed by atoms with van der Waals surface area (Å²) >= 11 is 1.70. The fourth-order valence-corrected chi connectivity index (χ4v) is 5.93. The molecule has 2 amide bonds. The number of ketones is 1. The highest BCUT2D eigenvalue weighted by Crippen LogP contribution is 2.30. The Balaban J connectivity index is 1.52. The Morgan fingerprint density at radius 1 is 1.05 bits per heavy atom. The van der Waals surface area contributed by atoms with E-state index >= 15 is 0 Å². The molecule has 43 heavy (non-hydrogen) atoms. The molecule has 2 aromatic rings.